The van der Waals surface area contributed by atoms with E-state index in [1.54, 1.807) is 23.7 Å². The molecule has 4 amide bonds. The number of likely N-dealkylation sites (N-methyl/N-ethyl adjacent to an activating group) is 1. The van der Waals surface area contributed by atoms with Gasteiger partial charge in [-0.1, -0.05) is 0 Å². The lowest BCUT2D eigenvalue weighted by Gasteiger charge is -2.23. The van der Waals surface area contributed by atoms with E-state index in [1.807, 2.05) is 0 Å². The van der Waals surface area contributed by atoms with Gasteiger partial charge in [-0.25, -0.2) is 9.59 Å². The van der Waals surface area contributed by atoms with E-state index in [2.05, 4.69) is 5.32 Å². The maximum Gasteiger partial charge on any atom is 0.326 e. The summed E-state index contributed by atoms with van der Waals surface area (Å²) in [5, 5.41) is 12.6. The molecule has 0 aromatic carbocycles. The second-order valence-electron chi connectivity index (χ2n) is 6.47. The van der Waals surface area contributed by atoms with E-state index in [4.69, 9.17) is 0 Å². The van der Waals surface area contributed by atoms with Crippen LogP contribution < -0.4 is 5.32 Å². The number of rotatable bonds is 6. The molecule has 24 heavy (non-hydrogen) atoms. The van der Waals surface area contributed by atoms with Crippen molar-refractivity contribution in [2.24, 2.45) is 0 Å². The normalized spacial score (nSPS) is 30.7. The number of carbonyl (C=O) groups excluding carboxylic acids is 3. The number of amides is 4. The van der Waals surface area contributed by atoms with Crippen LogP contribution in [0.25, 0.3) is 0 Å². The average Bonchev–Trinajstić information content (AvgIpc) is 3.15. The van der Waals surface area contributed by atoms with Crippen LogP contribution >= 0.6 is 11.8 Å². The first-order chi connectivity index (χ1) is 11.4. The molecule has 2 N–H and O–H groups in total. The van der Waals surface area contributed by atoms with Gasteiger partial charge in [-0.2, -0.15) is 11.8 Å². The summed E-state index contributed by atoms with van der Waals surface area (Å²) in [5.41, 5.74) is 0. The molecular formula is C15H21N3O5S. The summed E-state index contributed by atoms with van der Waals surface area (Å²) in [7, 11) is 1.79. The van der Waals surface area contributed by atoms with Crippen LogP contribution in [0.1, 0.15) is 32.1 Å². The van der Waals surface area contributed by atoms with E-state index in [0.29, 0.717) is 6.42 Å². The number of carboxylic acid groups (broad SMARTS) is 1. The number of fused-ring (bicyclic) bond motifs is 1. The first-order valence-corrected chi connectivity index (χ1v) is 9.17. The largest absolute Gasteiger partial charge is 0.480 e. The van der Waals surface area contributed by atoms with Crippen molar-refractivity contribution in [3.05, 3.63) is 0 Å². The smallest absolute Gasteiger partial charge is 0.326 e. The number of nitrogens with zero attached hydrogens (tertiary/aromatic N) is 2. The number of thioether (sulfide) groups is 1. The molecule has 0 aromatic heterocycles. The van der Waals surface area contributed by atoms with E-state index >= 15 is 0 Å². The van der Waals surface area contributed by atoms with Crippen LogP contribution in [0.4, 0.5) is 4.79 Å². The zero-order valence-corrected chi connectivity index (χ0v) is 14.3. The molecule has 132 valence electrons. The molecule has 0 radical (unpaired) electrons. The number of urea groups is 1. The van der Waals surface area contributed by atoms with Crippen molar-refractivity contribution in [1.82, 2.24) is 15.1 Å². The highest BCUT2D eigenvalue weighted by Gasteiger charge is 2.46. The molecule has 0 aliphatic carbocycles. The van der Waals surface area contributed by atoms with Crippen LogP contribution in [-0.2, 0) is 14.4 Å². The fourth-order valence-electron chi connectivity index (χ4n) is 3.69. The van der Waals surface area contributed by atoms with Crippen LogP contribution in [0.2, 0.25) is 0 Å². The third-order valence-corrected chi connectivity index (χ3v) is 6.55. The minimum absolute atomic E-state index is 0.0630. The third kappa shape index (κ3) is 2.97. The fraction of sp³-hybridized carbons (Fsp3) is 0.733. The van der Waals surface area contributed by atoms with E-state index in [9.17, 15) is 24.3 Å². The van der Waals surface area contributed by atoms with Gasteiger partial charge < -0.3 is 15.3 Å². The summed E-state index contributed by atoms with van der Waals surface area (Å²) in [5.74, 6) is -1.06. The van der Waals surface area contributed by atoms with E-state index < -0.39 is 23.8 Å². The van der Waals surface area contributed by atoms with Gasteiger partial charge >= 0.3 is 12.0 Å². The van der Waals surface area contributed by atoms with Crippen LogP contribution in [0.3, 0.4) is 0 Å². The molecule has 9 heteroatoms. The highest BCUT2D eigenvalue weighted by molar-refractivity contribution is 8.00. The maximum absolute atomic E-state index is 11.8. The molecular weight excluding hydrogens is 334 g/mol. The summed E-state index contributed by atoms with van der Waals surface area (Å²) < 4.78 is 0. The number of carbonyl (C=O) groups is 4. The highest BCUT2D eigenvalue weighted by Crippen LogP contribution is 2.36. The number of hydrogen-bond donors (Lipinski definition) is 2. The van der Waals surface area contributed by atoms with Crippen LogP contribution in [0.5, 0.6) is 0 Å². The fourth-order valence-corrected chi connectivity index (χ4v) is 5.36. The minimum Gasteiger partial charge on any atom is -0.480 e. The number of carboxylic acids is 1. The maximum atomic E-state index is 11.8. The summed E-state index contributed by atoms with van der Waals surface area (Å²) in [4.78, 5) is 49.3. The zero-order chi connectivity index (χ0) is 17.4. The predicted octanol–water partition coefficient (Wildman–Crippen LogP) is 0.266. The Morgan fingerprint density at radius 2 is 2.00 bits per heavy atom. The number of imide groups is 1. The first-order valence-electron chi connectivity index (χ1n) is 8.12. The van der Waals surface area contributed by atoms with Gasteiger partial charge in [0.05, 0.1) is 12.1 Å². The lowest BCUT2D eigenvalue weighted by atomic mass is 10.0. The molecule has 0 bridgehead atoms. The third-order valence-electron chi connectivity index (χ3n) is 5.06. The van der Waals surface area contributed by atoms with E-state index in [1.165, 1.54) is 0 Å². The molecule has 3 aliphatic rings. The SMILES string of the molecule is CN1C(=O)N[C@@H]2[C@H](CCCC(C(=O)O)N3C(=O)CCC3=O)SC[C@@H]21. The van der Waals surface area contributed by atoms with Gasteiger partial charge in [0.25, 0.3) is 0 Å². The van der Waals surface area contributed by atoms with Gasteiger partial charge in [0.1, 0.15) is 6.04 Å². The summed E-state index contributed by atoms with van der Waals surface area (Å²) in [6.45, 7) is 0. The average molecular weight is 355 g/mol. The molecule has 0 saturated carbocycles. The van der Waals surface area contributed by atoms with Crippen molar-refractivity contribution in [3.63, 3.8) is 0 Å². The summed E-state index contributed by atoms with van der Waals surface area (Å²) >= 11 is 1.78. The van der Waals surface area contributed by atoms with Crippen molar-refractivity contribution < 1.29 is 24.3 Å². The molecule has 3 saturated heterocycles. The molecule has 0 spiro atoms. The summed E-state index contributed by atoms with van der Waals surface area (Å²) in [6, 6.07) is -0.863. The van der Waals surface area contributed by atoms with Crippen LogP contribution in [0, 0.1) is 0 Å². The minimum atomic E-state index is -1.13. The second kappa shape index (κ2) is 6.62. The standard InChI is InChI=1S/C15H21N3O5S/c1-17-9-7-24-10(13(9)16-15(17)23)4-2-3-8(14(21)22)18-11(19)5-6-12(18)20/h8-10,13H,2-7H2,1H3,(H,16,23)(H,21,22)/t8?,9-,10-,13-/m0/s1. The predicted molar refractivity (Wildman–Crippen MR) is 86.5 cm³/mol. The Hall–Kier alpha value is -1.77. The van der Waals surface area contributed by atoms with Crippen molar-refractivity contribution in [3.8, 4) is 0 Å². The quantitative estimate of drug-likeness (QED) is 0.523. The molecule has 3 rings (SSSR count). The molecule has 4 atom stereocenters. The molecule has 0 aromatic rings. The number of likely N-dealkylation sites (tertiary alicyclic amines) is 1. The van der Waals surface area contributed by atoms with Gasteiger partial charge in [-0.15, -0.1) is 0 Å². The second-order valence-corrected chi connectivity index (χ2v) is 7.74. The van der Waals surface area contributed by atoms with Gasteiger partial charge in [0.15, 0.2) is 0 Å². The van der Waals surface area contributed by atoms with Crippen LogP contribution in [-0.4, -0.2) is 74.9 Å². The van der Waals surface area contributed by atoms with E-state index in [0.717, 1.165) is 17.1 Å². The van der Waals surface area contributed by atoms with Gasteiger partial charge in [0.2, 0.25) is 11.8 Å². The Bertz CT molecular complexity index is 567. The zero-order valence-electron chi connectivity index (χ0n) is 13.4. The Morgan fingerprint density at radius 3 is 2.62 bits per heavy atom. The Balaban J connectivity index is 1.55. The Kier molecular flexibility index (Phi) is 4.71. The lowest BCUT2D eigenvalue weighted by Crippen LogP contribution is -2.44. The van der Waals surface area contributed by atoms with Gasteiger partial charge in [0, 0.05) is 30.9 Å². The van der Waals surface area contributed by atoms with Crippen molar-refractivity contribution in [2.75, 3.05) is 12.8 Å². The molecule has 3 fully saturated rings. The van der Waals surface area contributed by atoms with Crippen molar-refractivity contribution in [2.45, 2.75) is 55.5 Å². The summed E-state index contributed by atoms with van der Waals surface area (Å²) in [6.07, 6.45) is 1.80. The number of hydrogen-bond acceptors (Lipinski definition) is 5. The molecule has 3 aliphatic heterocycles. The van der Waals surface area contributed by atoms with Crippen molar-refractivity contribution >= 4 is 35.6 Å². The Labute approximate surface area is 143 Å². The van der Waals surface area contributed by atoms with E-state index in [-0.39, 0.29) is 42.6 Å². The monoisotopic (exact) mass is 355 g/mol. The number of nitrogens with one attached hydrogen (secondary N) is 1. The molecule has 3 heterocycles. The van der Waals surface area contributed by atoms with Crippen LogP contribution in [0.15, 0.2) is 0 Å². The van der Waals surface area contributed by atoms with Crippen molar-refractivity contribution in [1.29, 1.82) is 0 Å². The van der Waals surface area contributed by atoms with Gasteiger partial charge in [-0.3, -0.25) is 14.5 Å². The molecule has 8 nitrogen and oxygen atoms in total. The topological polar surface area (TPSA) is 107 Å². The number of aliphatic carboxylic acids is 1. The highest BCUT2D eigenvalue weighted by atomic mass is 32.2. The molecule has 1 unspecified atom stereocenters. The van der Waals surface area contributed by atoms with Gasteiger partial charge in [-0.05, 0) is 19.3 Å². The lowest BCUT2D eigenvalue weighted by molar-refractivity contribution is -0.154. The Morgan fingerprint density at radius 1 is 1.33 bits per heavy atom. The first kappa shape index (κ1) is 17.1.